The number of hydrogen-bond acceptors (Lipinski definition) is 3. The van der Waals surface area contributed by atoms with Crippen LogP contribution in [-0.4, -0.2) is 23.2 Å². The molecule has 0 saturated carbocycles. The van der Waals surface area contributed by atoms with Crippen molar-refractivity contribution in [3.8, 4) is 0 Å². The summed E-state index contributed by atoms with van der Waals surface area (Å²) < 4.78 is 5.31. The van der Waals surface area contributed by atoms with E-state index < -0.39 is 18.1 Å². The van der Waals surface area contributed by atoms with Gasteiger partial charge in [0.25, 0.3) is 0 Å². The molecule has 5 nitrogen and oxygen atoms in total. The quantitative estimate of drug-likeness (QED) is 0.945. The zero-order valence-corrected chi connectivity index (χ0v) is 12.7. The molecular weight excluding hydrogens is 294 g/mol. The fourth-order valence-corrected chi connectivity index (χ4v) is 2.84. The maximum atomic E-state index is 12.4. The van der Waals surface area contributed by atoms with Gasteiger partial charge in [0.05, 0.1) is 5.69 Å². The molecule has 1 atom stereocenters. The van der Waals surface area contributed by atoms with Gasteiger partial charge in [0.2, 0.25) is 0 Å². The molecule has 0 aromatic heterocycles. The first-order valence-electron chi connectivity index (χ1n) is 7.39. The van der Waals surface area contributed by atoms with Gasteiger partial charge < -0.3 is 9.84 Å². The normalized spacial score (nSPS) is 16.0. The predicted molar refractivity (Wildman–Crippen MR) is 85.4 cm³/mol. The van der Waals surface area contributed by atoms with Crippen molar-refractivity contribution in [3.05, 3.63) is 65.2 Å². The van der Waals surface area contributed by atoms with Crippen LogP contribution in [0.3, 0.4) is 0 Å². The minimum atomic E-state index is -1.03. The number of carbonyl (C=O) groups excluding carboxylic acids is 1. The van der Waals surface area contributed by atoms with Gasteiger partial charge in [0.15, 0.2) is 0 Å². The smallest absolute Gasteiger partial charge is 0.415 e. The van der Waals surface area contributed by atoms with E-state index in [2.05, 4.69) is 0 Å². The molecule has 0 radical (unpaired) electrons. The highest BCUT2D eigenvalue weighted by atomic mass is 16.6. The molecule has 1 aliphatic rings. The standard InChI is InChI=1S/C18H17NO4/c1-12-6-5-9-15-14(12)10-16(17(20)21)19(15)18(22)23-11-13-7-3-2-4-8-13/h2-9,16H,10-11H2,1H3,(H,20,21). The Kier molecular flexibility index (Phi) is 4.02. The molecule has 0 aliphatic carbocycles. The number of carboxylic acids is 1. The number of anilines is 1. The van der Waals surface area contributed by atoms with Crippen molar-refractivity contribution < 1.29 is 19.4 Å². The van der Waals surface area contributed by atoms with Crippen molar-refractivity contribution >= 4 is 17.7 Å². The van der Waals surface area contributed by atoms with E-state index in [9.17, 15) is 14.7 Å². The number of fused-ring (bicyclic) bond motifs is 1. The summed E-state index contributed by atoms with van der Waals surface area (Å²) in [6, 6.07) is 13.9. The lowest BCUT2D eigenvalue weighted by molar-refractivity contribution is -0.138. The van der Waals surface area contributed by atoms with E-state index in [-0.39, 0.29) is 6.61 Å². The van der Waals surface area contributed by atoms with Gasteiger partial charge in [-0.15, -0.1) is 0 Å². The minimum Gasteiger partial charge on any atom is -0.480 e. The maximum Gasteiger partial charge on any atom is 0.415 e. The summed E-state index contributed by atoms with van der Waals surface area (Å²) in [5, 5.41) is 9.43. The molecule has 0 saturated heterocycles. The van der Waals surface area contributed by atoms with E-state index in [1.165, 1.54) is 4.90 Å². The molecule has 0 bridgehead atoms. The summed E-state index contributed by atoms with van der Waals surface area (Å²) >= 11 is 0. The van der Waals surface area contributed by atoms with E-state index in [0.717, 1.165) is 16.7 Å². The number of amides is 1. The number of benzene rings is 2. The Bertz CT molecular complexity index is 742. The van der Waals surface area contributed by atoms with E-state index >= 15 is 0 Å². The Morgan fingerprint density at radius 2 is 1.91 bits per heavy atom. The first-order valence-corrected chi connectivity index (χ1v) is 7.39. The molecule has 1 heterocycles. The molecule has 1 amide bonds. The van der Waals surface area contributed by atoms with Crippen molar-refractivity contribution in [2.45, 2.75) is 26.0 Å². The predicted octanol–water partition coefficient (Wildman–Crippen LogP) is 3.15. The Labute approximate surface area is 134 Å². The Morgan fingerprint density at radius 3 is 2.61 bits per heavy atom. The molecule has 2 aromatic carbocycles. The van der Waals surface area contributed by atoms with Gasteiger partial charge in [-0.25, -0.2) is 9.59 Å². The van der Waals surface area contributed by atoms with Gasteiger partial charge in [-0.1, -0.05) is 42.5 Å². The molecule has 0 fully saturated rings. The zero-order chi connectivity index (χ0) is 16.4. The molecule has 3 rings (SSSR count). The first-order chi connectivity index (χ1) is 11.1. The molecule has 1 unspecified atom stereocenters. The average Bonchev–Trinajstić information content (AvgIpc) is 2.95. The van der Waals surface area contributed by atoms with E-state index in [1.807, 2.05) is 49.4 Å². The zero-order valence-electron chi connectivity index (χ0n) is 12.7. The summed E-state index contributed by atoms with van der Waals surface area (Å²) in [4.78, 5) is 25.2. The van der Waals surface area contributed by atoms with Crippen LogP contribution < -0.4 is 4.90 Å². The summed E-state index contributed by atoms with van der Waals surface area (Å²) in [5.74, 6) is -1.03. The van der Waals surface area contributed by atoms with Crippen LogP contribution in [0.15, 0.2) is 48.5 Å². The van der Waals surface area contributed by atoms with Gasteiger partial charge in [-0.3, -0.25) is 4.90 Å². The van der Waals surface area contributed by atoms with Crippen molar-refractivity contribution in [2.24, 2.45) is 0 Å². The topological polar surface area (TPSA) is 66.8 Å². The van der Waals surface area contributed by atoms with Gasteiger partial charge >= 0.3 is 12.1 Å². The highest BCUT2D eigenvalue weighted by Crippen LogP contribution is 2.35. The summed E-state index contributed by atoms with van der Waals surface area (Å²) in [6.07, 6.45) is -0.330. The lowest BCUT2D eigenvalue weighted by Crippen LogP contribution is -2.43. The number of aliphatic carboxylic acids is 1. The minimum absolute atomic E-state index is 0.115. The molecule has 118 valence electrons. The number of carboxylic acid groups (broad SMARTS) is 1. The fraction of sp³-hybridized carbons (Fsp3) is 0.222. The van der Waals surface area contributed by atoms with Crippen LogP contribution in [0.1, 0.15) is 16.7 Å². The van der Waals surface area contributed by atoms with E-state index in [4.69, 9.17) is 4.74 Å². The van der Waals surface area contributed by atoms with Crippen LogP contribution in [0, 0.1) is 6.92 Å². The lowest BCUT2D eigenvalue weighted by Gasteiger charge is -2.22. The van der Waals surface area contributed by atoms with Gasteiger partial charge in [0.1, 0.15) is 12.6 Å². The van der Waals surface area contributed by atoms with Gasteiger partial charge in [-0.2, -0.15) is 0 Å². The highest BCUT2D eigenvalue weighted by molar-refractivity contribution is 5.98. The van der Waals surface area contributed by atoms with E-state index in [1.54, 1.807) is 6.07 Å². The molecular formula is C18H17NO4. The Morgan fingerprint density at radius 1 is 1.17 bits per heavy atom. The third kappa shape index (κ3) is 2.90. The van der Waals surface area contributed by atoms with Crippen molar-refractivity contribution in [1.29, 1.82) is 0 Å². The number of carbonyl (C=O) groups is 2. The summed E-state index contributed by atoms with van der Waals surface area (Å²) in [5.41, 5.74) is 3.34. The number of aryl methyl sites for hydroxylation is 1. The highest BCUT2D eigenvalue weighted by Gasteiger charge is 2.40. The van der Waals surface area contributed by atoms with Crippen LogP contribution >= 0.6 is 0 Å². The van der Waals surface area contributed by atoms with Crippen LogP contribution in [-0.2, 0) is 22.6 Å². The van der Waals surface area contributed by atoms with Crippen molar-refractivity contribution in [1.82, 2.24) is 0 Å². The Balaban J connectivity index is 1.83. The van der Waals surface area contributed by atoms with Crippen LogP contribution in [0.2, 0.25) is 0 Å². The average molecular weight is 311 g/mol. The van der Waals surface area contributed by atoms with Gasteiger partial charge in [0, 0.05) is 6.42 Å². The summed E-state index contributed by atoms with van der Waals surface area (Å²) in [7, 11) is 0. The largest absolute Gasteiger partial charge is 0.480 e. The van der Waals surface area contributed by atoms with Crippen molar-refractivity contribution in [2.75, 3.05) is 4.90 Å². The van der Waals surface area contributed by atoms with Crippen LogP contribution in [0.25, 0.3) is 0 Å². The number of nitrogens with zero attached hydrogens (tertiary/aromatic N) is 1. The SMILES string of the molecule is Cc1cccc2c1CC(C(=O)O)N2C(=O)OCc1ccccc1. The van der Waals surface area contributed by atoms with Crippen molar-refractivity contribution in [3.63, 3.8) is 0 Å². The summed E-state index contributed by atoms with van der Waals surface area (Å²) in [6.45, 7) is 2.03. The van der Waals surface area contributed by atoms with E-state index in [0.29, 0.717) is 12.1 Å². The van der Waals surface area contributed by atoms with Crippen LogP contribution in [0.5, 0.6) is 0 Å². The molecule has 1 N–H and O–H groups in total. The second kappa shape index (κ2) is 6.12. The number of rotatable bonds is 3. The first kappa shape index (κ1) is 15.1. The second-order valence-electron chi connectivity index (χ2n) is 5.54. The second-order valence-corrected chi connectivity index (χ2v) is 5.54. The number of hydrogen-bond donors (Lipinski definition) is 1. The third-order valence-corrected chi connectivity index (χ3v) is 4.04. The monoisotopic (exact) mass is 311 g/mol. The number of ether oxygens (including phenoxy) is 1. The lowest BCUT2D eigenvalue weighted by atomic mass is 10.0. The maximum absolute atomic E-state index is 12.4. The molecule has 5 heteroatoms. The molecule has 23 heavy (non-hydrogen) atoms. The molecule has 1 aliphatic heterocycles. The van der Waals surface area contributed by atoms with Gasteiger partial charge in [-0.05, 0) is 29.7 Å². The molecule has 0 spiro atoms. The van der Waals surface area contributed by atoms with Crippen LogP contribution in [0.4, 0.5) is 10.5 Å². The Hall–Kier alpha value is -2.82. The third-order valence-electron chi connectivity index (χ3n) is 4.04. The molecule has 2 aromatic rings. The fourth-order valence-electron chi connectivity index (χ4n) is 2.84.